The van der Waals surface area contributed by atoms with E-state index in [1.807, 2.05) is 43.3 Å². The fourth-order valence-electron chi connectivity index (χ4n) is 4.84. The highest BCUT2D eigenvalue weighted by atomic mass is 16.7. The van der Waals surface area contributed by atoms with Gasteiger partial charge in [0.15, 0.2) is 0 Å². The van der Waals surface area contributed by atoms with Crippen molar-refractivity contribution in [2.75, 3.05) is 6.67 Å². The summed E-state index contributed by atoms with van der Waals surface area (Å²) in [5, 5.41) is 15.9. The van der Waals surface area contributed by atoms with E-state index in [0.717, 1.165) is 36.0 Å². The molecule has 0 spiro atoms. The molecule has 1 aliphatic rings. The summed E-state index contributed by atoms with van der Waals surface area (Å²) in [4.78, 5) is 55.0. The Morgan fingerprint density at radius 3 is 2.37 bits per heavy atom. The Kier molecular flexibility index (Phi) is 12.3. The van der Waals surface area contributed by atoms with Gasteiger partial charge in [-0.2, -0.15) is 0 Å². The largest absolute Gasteiger partial charge is 0.478 e. The Bertz CT molecular complexity index is 1240. The summed E-state index contributed by atoms with van der Waals surface area (Å²) >= 11 is 0. The van der Waals surface area contributed by atoms with E-state index >= 15 is 0 Å². The predicted molar refractivity (Wildman–Crippen MR) is 156 cm³/mol. The van der Waals surface area contributed by atoms with E-state index in [1.165, 1.54) is 17.2 Å². The summed E-state index contributed by atoms with van der Waals surface area (Å²) < 4.78 is 0. The molecule has 2 aromatic carbocycles. The third kappa shape index (κ3) is 9.14. The SMILES string of the molecule is CCCCCC(C(=O)NCNC(=O)C1=CC=C(c2ccc(C(=O)O)cc2)C1)C(CC)N(C=O)OCc1ccccc1. The first kappa shape index (κ1) is 31.3. The number of amides is 3. The molecule has 2 unspecified atom stereocenters. The molecule has 9 heteroatoms. The zero-order valence-corrected chi connectivity index (χ0v) is 23.7. The average molecular weight is 562 g/mol. The van der Waals surface area contributed by atoms with Crippen LogP contribution in [0.2, 0.25) is 0 Å². The molecule has 41 heavy (non-hydrogen) atoms. The van der Waals surface area contributed by atoms with Gasteiger partial charge in [-0.25, -0.2) is 9.86 Å². The van der Waals surface area contributed by atoms with Gasteiger partial charge >= 0.3 is 5.97 Å². The number of carbonyl (C=O) groups is 4. The van der Waals surface area contributed by atoms with Gasteiger partial charge in [-0.05, 0) is 41.7 Å². The number of hydroxylamine groups is 2. The third-order valence-electron chi connectivity index (χ3n) is 7.16. The minimum Gasteiger partial charge on any atom is -0.478 e. The van der Waals surface area contributed by atoms with E-state index in [2.05, 4.69) is 17.6 Å². The van der Waals surface area contributed by atoms with Crippen molar-refractivity contribution in [1.82, 2.24) is 15.7 Å². The van der Waals surface area contributed by atoms with E-state index in [1.54, 1.807) is 18.2 Å². The number of benzene rings is 2. The summed E-state index contributed by atoms with van der Waals surface area (Å²) in [7, 11) is 0. The number of allylic oxidation sites excluding steroid dienone is 3. The molecule has 9 nitrogen and oxygen atoms in total. The molecule has 2 atom stereocenters. The maximum atomic E-state index is 13.3. The van der Waals surface area contributed by atoms with Crippen molar-refractivity contribution < 1.29 is 29.1 Å². The highest BCUT2D eigenvalue weighted by molar-refractivity contribution is 5.98. The number of unbranched alkanes of at least 4 members (excludes halogenated alkanes) is 2. The van der Waals surface area contributed by atoms with Crippen molar-refractivity contribution in [3.8, 4) is 0 Å². The Hall–Kier alpha value is -4.24. The normalized spacial score (nSPS) is 13.9. The van der Waals surface area contributed by atoms with Crippen molar-refractivity contribution in [2.45, 2.75) is 65.0 Å². The molecule has 0 saturated carbocycles. The molecule has 0 heterocycles. The van der Waals surface area contributed by atoms with Gasteiger partial charge in [0.05, 0.1) is 24.2 Å². The number of carbonyl (C=O) groups excluding carboxylic acids is 3. The van der Waals surface area contributed by atoms with E-state index in [-0.39, 0.29) is 30.7 Å². The summed E-state index contributed by atoms with van der Waals surface area (Å²) in [5.41, 5.74) is 3.41. The van der Waals surface area contributed by atoms with Crippen molar-refractivity contribution in [3.05, 3.63) is 89.0 Å². The second-order valence-electron chi connectivity index (χ2n) is 9.97. The quantitative estimate of drug-likeness (QED) is 0.110. The van der Waals surface area contributed by atoms with E-state index in [0.29, 0.717) is 31.2 Å². The first-order chi connectivity index (χ1) is 19.9. The van der Waals surface area contributed by atoms with Crippen LogP contribution in [0.15, 0.2) is 72.3 Å². The molecule has 0 radical (unpaired) electrons. The molecule has 0 aliphatic heterocycles. The molecule has 0 fully saturated rings. The summed E-state index contributed by atoms with van der Waals surface area (Å²) in [5.74, 6) is -2.04. The molecule has 3 rings (SSSR count). The number of hydrogen-bond acceptors (Lipinski definition) is 5. The van der Waals surface area contributed by atoms with Crippen LogP contribution in [0.5, 0.6) is 0 Å². The number of aromatic carboxylic acids is 1. The predicted octanol–water partition coefficient (Wildman–Crippen LogP) is 4.85. The number of nitrogens with one attached hydrogen (secondary N) is 2. The zero-order chi connectivity index (χ0) is 29.6. The van der Waals surface area contributed by atoms with Crippen molar-refractivity contribution in [1.29, 1.82) is 0 Å². The number of rotatable bonds is 17. The molecule has 218 valence electrons. The van der Waals surface area contributed by atoms with Crippen LogP contribution in [-0.2, 0) is 25.8 Å². The first-order valence-corrected chi connectivity index (χ1v) is 14.1. The lowest BCUT2D eigenvalue weighted by Gasteiger charge is -2.32. The molecule has 1 aliphatic carbocycles. The topological polar surface area (TPSA) is 125 Å². The fourth-order valence-corrected chi connectivity index (χ4v) is 4.84. The number of hydrogen-bond donors (Lipinski definition) is 3. The molecule has 2 aromatic rings. The summed E-state index contributed by atoms with van der Waals surface area (Å²) in [6, 6.07) is 15.6. The Morgan fingerprint density at radius 1 is 1.00 bits per heavy atom. The maximum Gasteiger partial charge on any atom is 0.335 e. The van der Waals surface area contributed by atoms with Crippen LogP contribution in [0.1, 0.15) is 73.9 Å². The lowest BCUT2D eigenvalue weighted by molar-refractivity contribution is -0.200. The van der Waals surface area contributed by atoms with Crippen molar-refractivity contribution >= 4 is 29.8 Å². The molecule has 3 amide bonds. The lowest BCUT2D eigenvalue weighted by Crippen LogP contribution is -2.48. The lowest BCUT2D eigenvalue weighted by atomic mass is 9.90. The van der Waals surface area contributed by atoms with E-state index in [9.17, 15) is 19.2 Å². The van der Waals surface area contributed by atoms with E-state index in [4.69, 9.17) is 9.94 Å². The van der Waals surface area contributed by atoms with Crippen molar-refractivity contribution in [3.63, 3.8) is 0 Å². The van der Waals surface area contributed by atoms with Crippen molar-refractivity contribution in [2.24, 2.45) is 5.92 Å². The van der Waals surface area contributed by atoms with Crippen LogP contribution >= 0.6 is 0 Å². The highest BCUT2D eigenvalue weighted by Crippen LogP contribution is 2.28. The van der Waals surface area contributed by atoms with Gasteiger partial charge in [-0.1, -0.05) is 87.7 Å². The number of carboxylic acid groups (broad SMARTS) is 1. The minimum atomic E-state index is -0.992. The smallest absolute Gasteiger partial charge is 0.335 e. The van der Waals surface area contributed by atoms with Gasteiger partial charge < -0.3 is 15.7 Å². The molecule has 0 aromatic heterocycles. The van der Waals surface area contributed by atoms with Gasteiger partial charge in [0.1, 0.15) is 6.61 Å². The summed E-state index contributed by atoms with van der Waals surface area (Å²) in [6.45, 7) is 4.17. The number of carboxylic acids is 1. The third-order valence-corrected chi connectivity index (χ3v) is 7.16. The maximum absolute atomic E-state index is 13.3. The molecule has 0 bridgehead atoms. The average Bonchev–Trinajstić information content (AvgIpc) is 3.49. The summed E-state index contributed by atoms with van der Waals surface area (Å²) in [6.07, 6.45) is 8.50. The Morgan fingerprint density at radius 2 is 1.73 bits per heavy atom. The van der Waals surface area contributed by atoms with Gasteiger partial charge in [0.2, 0.25) is 18.2 Å². The molecule has 3 N–H and O–H groups in total. The highest BCUT2D eigenvalue weighted by Gasteiger charge is 2.32. The monoisotopic (exact) mass is 561 g/mol. The van der Waals surface area contributed by atoms with Crippen LogP contribution in [0, 0.1) is 5.92 Å². The van der Waals surface area contributed by atoms with Crippen LogP contribution in [-0.4, -0.2) is 47.1 Å². The van der Waals surface area contributed by atoms with Gasteiger partial charge in [-0.15, -0.1) is 0 Å². The first-order valence-electron chi connectivity index (χ1n) is 14.1. The van der Waals surface area contributed by atoms with Crippen LogP contribution < -0.4 is 10.6 Å². The second-order valence-corrected chi connectivity index (χ2v) is 9.97. The van der Waals surface area contributed by atoms with Crippen LogP contribution in [0.3, 0.4) is 0 Å². The molecular formula is C32H39N3O6. The van der Waals surface area contributed by atoms with Crippen LogP contribution in [0.25, 0.3) is 5.57 Å². The Labute approximate surface area is 241 Å². The molecular weight excluding hydrogens is 522 g/mol. The van der Waals surface area contributed by atoms with Gasteiger partial charge in [0, 0.05) is 12.0 Å². The second kappa shape index (κ2) is 16.1. The van der Waals surface area contributed by atoms with E-state index < -0.39 is 17.9 Å². The minimum absolute atomic E-state index is 0.0513. The number of nitrogens with zero attached hydrogens (tertiary/aromatic N) is 1. The fraction of sp³-hybridized carbons (Fsp3) is 0.375. The zero-order valence-electron chi connectivity index (χ0n) is 23.7. The van der Waals surface area contributed by atoms with Gasteiger partial charge in [-0.3, -0.25) is 19.2 Å². The molecule has 0 saturated heterocycles. The van der Waals surface area contributed by atoms with Crippen LogP contribution in [0.4, 0.5) is 0 Å². The Balaban J connectivity index is 1.55. The standard InChI is InChI=1S/C32H39N3O6/c1-3-5-7-12-28(29(4-2)35(22-36)41-20-23-10-8-6-9-11-23)31(38)34-21-33-30(37)27-18-17-26(19-27)24-13-15-25(16-14-24)32(39)40/h6,8-11,13-18,22,28-29H,3-5,7,12,19-21H2,1-2H3,(H,33,37)(H,34,38)(H,39,40). The van der Waals surface area contributed by atoms with Gasteiger partial charge in [0.25, 0.3) is 0 Å².